The summed E-state index contributed by atoms with van der Waals surface area (Å²) >= 11 is 0. The molecule has 1 heterocycles. The molecule has 0 fully saturated rings. The highest BCUT2D eigenvalue weighted by Crippen LogP contribution is 2.34. The Morgan fingerprint density at radius 2 is 1.77 bits per heavy atom. The maximum Gasteiger partial charge on any atom is 0.353 e. The monoisotopic (exact) mass is 407 g/mol. The number of anilines is 4. The summed E-state index contributed by atoms with van der Waals surface area (Å²) in [5, 5.41) is 17.7. The highest BCUT2D eigenvalue weighted by Gasteiger charge is 2.24. The second-order valence-electron chi connectivity index (χ2n) is 6.49. The molecule has 0 aliphatic rings. The van der Waals surface area contributed by atoms with Gasteiger partial charge in [0.25, 0.3) is 0 Å². The molecule has 2 aromatic carbocycles. The minimum atomic E-state index is -0.571. The van der Waals surface area contributed by atoms with Crippen LogP contribution in [-0.4, -0.2) is 27.5 Å². The zero-order valence-corrected chi connectivity index (χ0v) is 16.8. The second kappa shape index (κ2) is 8.99. The summed E-state index contributed by atoms with van der Waals surface area (Å²) in [5.41, 5.74) is 3.06. The van der Waals surface area contributed by atoms with E-state index in [1.807, 2.05) is 32.0 Å². The van der Waals surface area contributed by atoms with Crippen molar-refractivity contribution in [2.24, 2.45) is 0 Å². The lowest BCUT2D eigenvalue weighted by Crippen LogP contribution is -2.10. The van der Waals surface area contributed by atoms with Gasteiger partial charge in [-0.3, -0.25) is 10.1 Å². The van der Waals surface area contributed by atoms with Gasteiger partial charge in [0.15, 0.2) is 0 Å². The largest absolute Gasteiger partial charge is 0.462 e. The number of hydrogen-bond donors (Lipinski definition) is 2. The Hall–Kier alpha value is -4.01. The van der Waals surface area contributed by atoms with Crippen LogP contribution in [0.3, 0.4) is 0 Å². The van der Waals surface area contributed by atoms with E-state index in [4.69, 9.17) is 4.74 Å². The van der Waals surface area contributed by atoms with Gasteiger partial charge in [0.05, 0.1) is 22.8 Å². The van der Waals surface area contributed by atoms with Crippen LogP contribution in [0.1, 0.15) is 28.4 Å². The zero-order valence-electron chi connectivity index (χ0n) is 16.8. The van der Waals surface area contributed by atoms with Gasteiger partial charge >= 0.3 is 11.7 Å². The van der Waals surface area contributed by atoms with Crippen LogP contribution in [-0.2, 0) is 4.74 Å². The van der Waals surface area contributed by atoms with E-state index in [0.29, 0.717) is 11.4 Å². The smallest absolute Gasteiger partial charge is 0.353 e. The number of rotatable bonds is 7. The van der Waals surface area contributed by atoms with E-state index in [-0.39, 0.29) is 29.5 Å². The molecular weight excluding hydrogens is 386 g/mol. The van der Waals surface area contributed by atoms with Crippen molar-refractivity contribution >= 4 is 34.7 Å². The quantitative estimate of drug-likeness (QED) is 0.329. The molecule has 0 radical (unpaired) electrons. The van der Waals surface area contributed by atoms with Crippen LogP contribution in [0, 0.1) is 24.0 Å². The Labute approximate surface area is 173 Å². The van der Waals surface area contributed by atoms with Crippen LogP contribution in [0.2, 0.25) is 0 Å². The Bertz CT molecular complexity index is 1100. The fourth-order valence-corrected chi connectivity index (χ4v) is 2.80. The molecule has 0 amide bonds. The third kappa shape index (κ3) is 4.52. The molecule has 0 atom stereocenters. The predicted molar refractivity (Wildman–Crippen MR) is 114 cm³/mol. The number of benzene rings is 2. The van der Waals surface area contributed by atoms with E-state index in [9.17, 15) is 14.9 Å². The first-order valence-corrected chi connectivity index (χ1v) is 9.27. The Kier molecular flexibility index (Phi) is 6.21. The Balaban J connectivity index is 1.99. The maximum atomic E-state index is 12.2. The molecule has 0 aliphatic carbocycles. The highest BCUT2D eigenvalue weighted by molar-refractivity contribution is 5.97. The molecule has 1 aromatic heterocycles. The minimum absolute atomic E-state index is 0.0365. The van der Waals surface area contributed by atoms with Crippen molar-refractivity contribution in [3.8, 4) is 0 Å². The third-order valence-corrected chi connectivity index (χ3v) is 4.45. The number of para-hydroxylation sites is 1. The molecule has 154 valence electrons. The van der Waals surface area contributed by atoms with E-state index < -0.39 is 10.9 Å². The average molecular weight is 407 g/mol. The molecule has 9 heteroatoms. The van der Waals surface area contributed by atoms with Gasteiger partial charge in [-0.1, -0.05) is 18.2 Å². The van der Waals surface area contributed by atoms with Crippen molar-refractivity contribution in [3.05, 3.63) is 75.6 Å². The van der Waals surface area contributed by atoms with E-state index in [1.165, 1.54) is 6.33 Å². The predicted octanol–water partition coefficient (Wildman–Crippen LogP) is 4.67. The van der Waals surface area contributed by atoms with Crippen molar-refractivity contribution in [1.82, 2.24) is 9.97 Å². The Morgan fingerprint density at radius 3 is 2.43 bits per heavy atom. The summed E-state index contributed by atoms with van der Waals surface area (Å²) in [7, 11) is 0. The van der Waals surface area contributed by atoms with Crippen molar-refractivity contribution in [3.63, 3.8) is 0 Å². The van der Waals surface area contributed by atoms with Crippen LogP contribution in [0.25, 0.3) is 0 Å². The number of esters is 1. The lowest BCUT2D eigenvalue weighted by atomic mass is 10.1. The zero-order chi connectivity index (χ0) is 21.7. The fraction of sp³-hybridized carbons (Fsp3) is 0.190. The number of nitrogens with one attached hydrogen (secondary N) is 2. The van der Waals surface area contributed by atoms with E-state index >= 15 is 0 Å². The van der Waals surface area contributed by atoms with Crippen molar-refractivity contribution in [1.29, 1.82) is 0 Å². The molecule has 2 N–H and O–H groups in total. The lowest BCUT2D eigenvalue weighted by molar-refractivity contribution is -0.383. The van der Waals surface area contributed by atoms with Gasteiger partial charge in [0.1, 0.15) is 6.33 Å². The third-order valence-electron chi connectivity index (χ3n) is 4.45. The molecule has 3 rings (SSSR count). The lowest BCUT2D eigenvalue weighted by Gasteiger charge is -2.13. The number of nitro groups is 1. The number of carbonyl (C=O) groups is 1. The minimum Gasteiger partial charge on any atom is -0.462 e. The molecule has 0 spiro atoms. The first kappa shape index (κ1) is 20.7. The van der Waals surface area contributed by atoms with Gasteiger partial charge in [-0.2, -0.15) is 0 Å². The highest BCUT2D eigenvalue weighted by atomic mass is 16.6. The van der Waals surface area contributed by atoms with Gasteiger partial charge in [-0.05, 0) is 56.2 Å². The molecule has 0 saturated carbocycles. The van der Waals surface area contributed by atoms with Crippen molar-refractivity contribution in [2.75, 3.05) is 17.2 Å². The Morgan fingerprint density at radius 1 is 1.07 bits per heavy atom. The molecule has 0 unspecified atom stereocenters. The van der Waals surface area contributed by atoms with Crippen molar-refractivity contribution < 1.29 is 14.5 Å². The number of ether oxygens (including phenoxy) is 1. The van der Waals surface area contributed by atoms with Crippen LogP contribution in [0.5, 0.6) is 0 Å². The molecule has 0 aliphatic heterocycles. The molecule has 0 bridgehead atoms. The first-order valence-electron chi connectivity index (χ1n) is 9.27. The first-order chi connectivity index (χ1) is 14.4. The van der Waals surface area contributed by atoms with Gasteiger partial charge in [-0.25, -0.2) is 14.8 Å². The van der Waals surface area contributed by atoms with E-state index in [0.717, 1.165) is 11.1 Å². The molecule has 3 aromatic rings. The number of aromatic nitrogens is 2. The van der Waals surface area contributed by atoms with Crippen LogP contribution >= 0.6 is 0 Å². The number of nitrogens with zero attached hydrogens (tertiary/aromatic N) is 3. The summed E-state index contributed by atoms with van der Waals surface area (Å²) < 4.78 is 5.05. The van der Waals surface area contributed by atoms with E-state index in [1.54, 1.807) is 31.2 Å². The average Bonchev–Trinajstić information content (AvgIpc) is 2.71. The topological polar surface area (TPSA) is 119 Å². The number of aryl methyl sites for hydroxylation is 2. The summed E-state index contributed by atoms with van der Waals surface area (Å²) in [6.07, 6.45) is 1.21. The van der Waals surface area contributed by atoms with Gasteiger partial charge in [0, 0.05) is 5.69 Å². The second-order valence-corrected chi connectivity index (χ2v) is 6.49. The van der Waals surface area contributed by atoms with Gasteiger partial charge in [-0.15, -0.1) is 0 Å². The summed E-state index contributed by atoms with van der Waals surface area (Å²) in [6.45, 7) is 5.85. The number of carbonyl (C=O) groups excluding carboxylic acids is 1. The van der Waals surface area contributed by atoms with Crippen LogP contribution < -0.4 is 10.6 Å². The summed E-state index contributed by atoms with van der Waals surface area (Å²) in [5.74, 6) is -0.543. The molecule has 30 heavy (non-hydrogen) atoms. The molecule has 0 saturated heterocycles. The van der Waals surface area contributed by atoms with Crippen molar-refractivity contribution in [2.45, 2.75) is 20.8 Å². The van der Waals surface area contributed by atoms with Crippen LogP contribution in [0.4, 0.5) is 28.7 Å². The van der Waals surface area contributed by atoms with Gasteiger partial charge in [0.2, 0.25) is 11.6 Å². The van der Waals surface area contributed by atoms with E-state index in [2.05, 4.69) is 20.6 Å². The molecular formula is C21H21N5O4. The summed E-state index contributed by atoms with van der Waals surface area (Å²) in [6, 6.07) is 12.2. The van der Waals surface area contributed by atoms with Gasteiger partial charge < -0.3 is 15.4 Å². The number of hydrogen-bond acceptors (Lipinski definition) is 8. The SMILES string of the molecule is CCOC(=O)c1ccccc1Nc1ncnc(Nc2ccc(C)c(C)c2)c1[N+](=O)[O-]. The molecule has 9 nitrogen and oxygen atoms in total. The fourth-order valence-electron chi connectivity index (χ4n) is 2.80. The summed E-state index contributed by atoms with van der Waals surface area (Å²) in [4.78, 5) is 31.5. The van der Waals surface area contributed by atoms with Crippen LogP contribution in [0.15, 0.2) is 48.8 Å². The maximum absolute atomic E-state index is 12.2. The normalized spacial score (nSPS) is 10.4. The standard InChI is InChI=1S/C21H21N5O4/c1-4-30-21(27)16-7-5-6-8-17(16)25-20-18(26(28)29)19(22-12-23-20)24-15-10-9-13(2)14(3)11-15/h5-12H,4H2,1-3H3,(H2,22,23,24,25).